The molecule has 0 N–H and O–H groups in total. The van der Waals surface area contributed by atoms with Crippen LogP contribution < -0.4 is 0 Å². The van der Waals surface area contributed by atoms with E-state index in [0.717, 1.165) is 9.65 Å². The molecule has 0 radical (unpaired) electrons. The zero-order chi connectivity index (χ0) is 5.98. The van der Waals surface area contributed by atoms with Gasteiger partial charge in [0, 0.05) is 9.65 Å². The van der Waals surface area contributed by atoms with E-state index in [1.165, 1.54) is 25.7 Å². The summed E-state index contributed by atoms with van der Waals surface area (Å²) in [4.78, 5) is 1.56. The van der Waals surface area contributed by atoms with Crippen molar-refractivity contribution in [3.05, 3.63) is 0 Å². The highest BCUT2D eigenvalue weighted by Gasteiger charge is 2.16. The van der Waals surface area contributed by atoms with Gasteiger partial charge in [-0.2, -0.15) is 0 Å². The van der Waals surface area contributed by atoms with Crippen LogP contribution in [-0.2, 0) is 0 Å². The molecule has 0 bridgehead atoms. The Bertz CT molecular complexity index is 64.9. The fourth-order valence-corrected chi connectivity index (χ4v) is 3.13. The Balaban J connectivity index is 2.23. The summed E-state index contributed by atoms with van der Waals surface area (Å²) in [5.74, 6) is 0. The largest absolute Gasteiger partial charge is 0.0890 e. The summed E-state index contributed by atoms with van der Waals surface area (Å²) in [6, 6.07) is 0. The van der Waals surface area contributed by atoms with Crippen molar-refractivity contribution >= 4 is 31.9 Å². The lowest BCUT2D eigenvalue weighted by Crippen LogP contribution is -2.13. The summed E-state index contributed by atoms with van der Waals surface area (Å²) < 4.78 is 0. The third-order valence-electron chi connectivity index (χ3n) is 1.55. The average Bonchev–Trinajstić information content (AvgIpc) is 1.64. The van der Waals surface area contributed by atoms with Crippen molar-refractivity contribution in [2.24, 2.45) is 0 Å². The van der Waals surface area contributed by atoms with E-state index in [0.29, 0.717) is 0 Å². The van der Waals surface area contributed by atoms with Crippen LogP contribution in [0.1, 0.15) is 25.7 Å². The zero-order valence-electron chi connectivity index (χ0n) is 4.74. The molecule has 0 nitrogen and oxygen atoms in total. The Labute approximate surface area is 67.3 Å². The summed E-state index contributed by atoms with van der Waals surface area (Å²) >= 11 is 7.20. The van der Waals surface area contributed by atoms with E-state index < -0.39 is 0 Å². The maximum absolute atomic E-state index is 3.60. The van der Waals surface area contributed by atoms with E-state index in [2.05, 4.69) is 31.9 Å². The zero-order valence-corrected chi connectivity index (χ0v) is 7.91. The lowest BCUT2D eigenvalue weighted by atomic mass is 10.0. The van der Waals surface area contributed by atoms with Gasteiger partial charge >= 0.3 is 0 Å². The molecule has 0 heterocycles. The molecule has 1 aliphatic carbocycles. The molecule has 0 aromatic heterocycles. The van der Waals surface area contributed by atoms with Gasteiger partial charge in [-0.05, 0) is 19.3 Å². The van der Waals surface area contributed by atoms with Crippen LogP contribution in [-0.4, -0.2) is 9.65 Å². The van der Waals surface area contributed by atoms with Crippen LogP contribution in [0.4, 0.5) is 0 Å². The molecule has 1 saturated carbocycles. The van der Waals surface area contributed by atoms with E-state index in [4.69, 9.17) is 0 Å². The monoisotopic (exact) mass is 240 g/mol. The highest BCUT2D eigenvalue weighted by atomic mass is 79.9. The van der Waals surface area contributed by atoms with Gasteiger partial charge in [-0.15, -0.1) is 0 Å². The minimum absolute atomic E-state index is 0.778. The van der Waals surface area contributed by atoms with E-state index in [1.807, 2.05) is 0 Å². The van der Waals surface area contributed by atoms with Crippen molar-refractivity contribution in [2.75, 3.05) is 0 Å². The maximum Gasteiger partial charge on any atom is 0.0156 e. The second-order valence-electron chi connectivity index (χ2n) is 2.36. The second-order valence-corrected chi connectivity index (χ2v) is 4.95. The molecule has 48 valence electrons. The van der Waals surface area contributed by atoms with Gasteiger partial charge < -0.3 is 0 Å². The quantitative estimate of drug-likeness (QED) is 0.572. The molecule has 0 aromatic carbocycles. The highest BCUT2D eigenvalue weighted by molar-refractivity contribution is 9.10. The molecular weight excluding hydrogens is 232 g/mol. The molecule has 0 aromatic rings. The maximum atomic E-state index is 3.60. The Kier molecular flexibility index (Phi) is 2.84. The van der Waals surface area contributed by atoms with Crippen molar-refractivity contribution < 1.29 is 0 Å². The SMILES string of the molecule is BrC1CCCC(Br)C1. The standard InChI is InChI=1S/C6H10Br2/c7-5-2-1-3-6(8)4-5/h5-6H,1-4H2. The van der Waals surface area contributed by atoms with Gasteiger partial charge in [-0.25, -0.2) is 0 Å². The molecule has 8 heavy (non-hydrogen) atoms. The van der Waals surface area contributed by atoms with E-state index in [1.54, 1.807) is 0 Å². The summed E-state index contributed by atoms with van der Waals surface area (Å²) in [7, 11) is 0. The first kappa shape index (κ1) is 7.07. The normalized spacial score (nSPS) is 39.8. The summed E-state index contributed by atoms with van der Waals surface area (Å²) in [5, 5.41) is 0. The molecule has 2 heteroatoms. The summed E-state index contributed by atoms with van der Waals surface area (Å²) in [5.41, 5.74) is 0. The lowest BCUT2D eigenvalue weighted by molar-refractivity contribution is 0.539. The summed E-state index contributed by atoms with van der Waals surface area (Å²) in [6.45, 7) is 0. The third-order valence-corrected chi connectivity index (χ3v) is 3.21. The Hall–Kier alpha value is 0.960. The molecule has 1 rings (SSSR count). The topological polar surface area (TPSA) is 0 Å². The number of hydrogen-bond donors (Lipinski definition) is 0. The second kappa shape index (κ2) is 3.21. The van der Waals surface area contributed by atoms with Crippen LogP contribution >= 0.6 is 31.9 Å². The molecule has 2 atom stereocenters. The van der Waals surface area contributed by atoms with Gasteiger partial charge in [-0.3, -0.25) is 0 Å². The molecule has 0 amide bonds. The van der Waals surface area contributed by atoms with Crippen LogP contribution in [0.3, 0.4) is 0 Å². The fraction of sp³-hybridized carbons (Fsp3) is 1.00. The van der Waals surface area contributed by atoms with E-state index in [9.17, 15) is 0 Å². The van der Waals surface area contributed by atoms with Crippen molar-refractivity contribution in [1.29, 1.82) is 0 Å². The van der Waals surface area contributed by atoms with Crippen LogP contribution in [0.2, 0.25) is 0 Å². The van der Waals surface area contributed by atoms with Crippen LogP contribution in [0, 0.1) is 0 Å². The highest BCUT2D eigenvalue weighted by Crippen LogP contribution is 2.28. The van der Waals surface area contributed by atoms with Gasteiger partial charge in [0.25, 0.3) is 0 Å². The van der Waals surface area contributed by atoms with Crippen molar-refractivity contribution in [1.82, 2.24) is 0 Å². The van der Waals surface area contributed by atoms with Crippen LogP contribution in [0.25, 0.3) is 0 Å². The third kappa shape index (κ3) is 2.06. The molecule has 0 aliphatic heterocycles. The molecular formula is C6H10Br2. The Morgan fingerprint density at radius 1 is 1.00 bits per heavy atom. The minimum Gasteiger partial charge on any atom is -0.0890 e. The molecule has 1 aliphatic rings. The summed E-state index contributed by atoms with van der Waals surface area (Å²) in [6.07, 6.45) is 5.41. The lowest BCUT2D eigenvalue weighted by Gasteiger charge is -2.20. The van der Waals surface area contributed by atoms with Crippen molar-refractivity contribution in [2.45, 2.75) is 35.3 Å². The minimum atomic E-state index is 0.778. The smallest absolute Gasteiger partial charge is 0.0156 e. The van der Waals surface area contributed by atoms with Crippen LogP contribution in [0.5, 0.6) is 0 Å². The van der Waals surface area contributed by atoms with Gasteiger partial charge in [0.05, 0.1) is 0 Å². The number of hydrogen-bond acceptors (Lipinski definition) is 0. The number of halogens is 2. The van der Waals surface area contributed by atoms with Crippen molar-refractivity contribution in [3.63, 3.8) is 0 Å². The first-order valence-corrected chi connectivity index (χ1v) is 4.90. The van der Waals surface area contributed by atoms with E-state index >= 15 is 0 Å². The molecule has 0 spiro atoms. The van der Waals surface area contributed by atoms with Gasteiger partial charge in [-0.1, -0.05) is 38.3 Å². The average molecular weight is 242 g/mol. The molecule has 0 saturated heterocycles. The predicted molar refractivity (Wildman–Crippen MR) is 43.9 cm³/mol. The Morgan fingerprint density at radius 3 is 1.75 bits per heavy atom. The fourth-order valence-electron chi connectivity index (χ4n) is 1.07. The van der Waals surface area contributed by atoms with Gasteiger partial charge in [0.15, 0.2) is 0 Å². The van der Waals surface area contributed by atoms with Gasteiger partial charge in [0.2, 0.25) is 0 Å². The van der Waals surface area contributed by atoms with Crippen LogP contribution in [0.15, 0.2) is 0 Å². The van der Waals surface area contributed by atoms with Crippen molar-refractivity contribution in [3.8, 4) is 0 Å². The predicted octanol–water partition coefficient (Wildman–Crippen LogP) is 3.09. The first-order valence-electron chi connectivity index (χ1n) is 3.07. The number of rotatable bonds is 0. The van der Waals surface area contributed by atoms with E-state index in [-0.39, 0.29) is 0 Å². The Morgan fingerprint density at radius 2 is 1.50 bits per heavy atom. The molecule has 1 fully saturated rings. The molecule has 2 unspecified atom stereocenters. The number of alkyl halides is 2. The van der Waals surface area contributed by atoms with Gasteiger partial charge in [0.1, 0.15) is 0 Å². The first-order chi connectivity index (χ1) is 3.79.